The fourth-order valence-corrected chi connectivity index (χ4v) is 2.48. The van der Waals surface area contributed by atoms with Gasteiger partial charge in [0.25, 0.3) is 0 Å². The molecular weight excluding hydrogens is 278 g/mol. The number of hydrogen-bond acceptors (Lipinski definition) is 2. The molecule has 0 unspecified atom stereocenters. The van der Waals surface area contributed by atoms with Crippen molar-refractivity contribution < 1.29 is 0 Å². The van der Waals surface area contributed by atoms with Crippen molar-refractivity contribution in [3.05, 3.63) is 47.1 Å². The van der Waals surface area contributed by atoms with Crippen molar-refractivity contribution in [3.63, 3.8) is 0 Å². The molecular formula is C13H10BrN3. The van der Waals surface area contributed by atoms with Gasteiger partial charge in [0.1, 0.15) is 10.3 Å². The Labute approximate surface area is 107 Å². The molecule has 4 heteroatoms. The van der Waals surface area contributed by atoms with Gasteiger partial charge in [0.2, 0.25) is 0 Å². The van der Waals surface area contributed by atoms with Gasteiger partial charge in [-0.15, -0.1) is 0 Å². The van der Waals surface area contributed by atoms with Gasteiger partial charge >= 0.3 is 0 Å². The van der Waals surface area contributed by atoms with Crippen molar-refractivity contribution in [2.45, 2.75) is 0 Å². The number of aromatic amines is 1. The van der Waals surface area contributed by atoms with Crippen LogP contribution < -0.4 is 5.73 Å². The topological polar surface area (TPSA) is 54.7 Å². The average molecular weight is 288 g/mol. The van der Waals surface area contributed by atoms with Gasteiger partial charge < -0.3 is 10.7 Å². The monoisotopic (exact) mass is 287 g/mol. The molecule has 0 aliphatic rings. The van der Waals surface area contributed by atoms with Crippen LogP contribution in [0.5, 0.6) is 0 Å². The molecule has 2 aromatic carbocycles. The molecule has 0 spiro atoms. The molecule has 1 heterocycles. The zero-order chi connectivity index (χ0) is 11.8. The molecule has 1 aromatic heterocycles. The van der Waals surface area contributed by atoms with E-state index >= 15 is 0 Å². The molecule has 84 valence electrons. The summed E-state index contributed by atoms with van der Waals surface area (Å²) in [7, 11) is 0. The number of nitrogens with one attached hydrogen (secondary N) is 1. The van der Waals surface area contributed by atoms with Crippen molar-refractivity contribution in [3.8, 4) is 11.3 Å². The van der Waals surface area contributed by atoms with Gasteiger partial charge in [-0.2, -0.15) is 0 Å². The van der Waals surface area contributed by atoms with Crippen molar-refractivity contribution in [1.82, 2.24) is 9.97 Å². The third kappa shape index (κ3) is 1.70. The molecule has 0 saturated heterocycles. The first kappa shape index (κ1) is 10.4. The number of rotatable bonds is 1. The maximum Gasteiger partial charge on any atom is 0.198 e. The van der Waals surface area contributed by atoms with Crippen LogP contribution in [0.15, 0.2) is 47.1 Å². The molecule has 0 aliphatic carbocycles. The largest absolute Gasteiger partial charge is 0.369 e. The summed E-state index contributed by atoms with van der Waals surface area (Å²) in [6, 6.07) is 14.4. The summed E-state index contributed by atoms with van der Waals surface area (Å²) in [4.78, 5) is 7.26. The molecule has 0 fully saturated rings. The van der Waals surface area contributed by atoms with Crippen LogP contribution >= 0.6 is 15.9 Å². The molecule has 0 bridgehead atoms. The van der Waals surface area contributed by atoms with Crippen molar-refractivity contribution in [1.29, 1.82) is 0 Å². The minimum Gasteiger partial charge on any atom is -0.369 e. The molecule has 0 atom stereocenters. The summed E-state index contributed by atoms with van der Waals surface area (Å²) in [5.41, 5.74) is 7.58. The van der Waals surface area contributed by atoms with E-state index in [0.717, 1.165) is 15.9 Å². The molecule has 0 radical (unpaired) electrons. The second-order valence-corrected chi connectivity index (χ2v) is 4.60. The quantitative estimate of drug-likeness (QED) is 0.719. The number of nitrogens with zero attached hydrogens (tertiary/aromatic N) is 1. The molecule has 3 N–H and O–H groups in total. The number of hydrogen-bond donors (Lipinski definition) is 2. The lowest BCUT2D eigenvalue weighted by molar-refractivity contribution is 1.31. The molecule has 0 aliphatic heterocycles. The Hall–Kier alpha value is -1.81. The number of H-pyrrole nitrogens is 1. The number of aromatic nitrogens is 2. The number of imidazole rings is 1. The lowest BCUT2D eigenvalue weighted by Crippen LogP contribution is -1.86. The smallest absolute Gasteiger partial charge is 0.198 e. The number of anilines is 1. The highest BCUT2D eigenvalue weighted by Gasteiger charge is 2.11. The zero-order valence-corrected chi connectivity index (χ0v) is 10.5. The van der Waals surface area contributed by atoms with E-state index in [9.17, 15) is 0 Å². The number of nitrogens with two attached hydrogens (primary N) is 1. The fourth-order valence-electron chi connectivity index (χ4n) is 1.98. The van der Waals surface area contributed by atoms with Crippen LogP contribution in [-0.2, 0) is 0 Å². The Kier molecular flexibility index (Phi) is 2.37. The molecule has 0 saturated carbocycles. The van der Waals surface area contributed by atoms with Crippen molar-refractivity contribution >= 4 is 32.7 Å². The number of benzene rings is 2. The van der Waals surface area contributed by atoms with Gasteiger partial charge in [-0.3, -0.25) is 0 Å². The summed E-state index contributed by atoms with van der Waals surface area (Å²) in [6.45, 7) is 0. The van der Waals surface area contributed by atoms with E-state index in [1.54, 1.807) is 0 Å². The molecule has 3 aromatic rings. The fraction of sp³-hybridized carbons (Fsp3) is 0. The van der Waals surface area contributed by atoms with Gasteiger partial charge in [-0.05, 0) is 26.7 Å². The SMILES string of the molecule is Nc1nc(-c2cccc3ccccc23)c(Br)[nH]1. The van der Waals surface area contributed by atoms with E-state index in [-0.39, 0.29) is 0 Å². The Morgan fingerprint density at radius 3 is 2.59 bits per heavy atom. The molecule has 17 heavy (non-hydrogen) atoms. The van der Waals surface area contributed by atoms with Gasteiger partial charge in [0.05, 0.1) is 0 Å². The summed E-state index contributed by atoms with van der Waals surface area (Å²) >= 11 is 3.44. The van der Waals surface area contributed by atoms with E-state index in [4.69, 9.17) is 5.73 Å². The Morgan fingerprint density at radius 1 is 1.06 bits per heavy atom. The summed E-state index contributed by atoms with van der Waals surface area (Å²) in [5.74, 6) is 0.416. The standard InChI is InChI=1S/C13H10BrN3/c14-12-11(16-13(15)17-12)10-7-3-5-8-4-1-2-6-9(8)10/h1-7H,(H3,15,16,17). The van der Waals surface area contributed by atoms with Crippen LogP contribution in [0.25, 0.3) is 22.0 Å². The molecule has 3 rings (SSSR count). The van der Waals surface area contributed by atoms with E-state index in [0.29, 0.717) is 5.95 Å². The van der Waals surface area contributed by atoms with E-state index in [2.05, 4.69) is 44.1 Å². The van der Waals surface area contributed by atoms with Crippen LogP contribution in [0.1, 0.15) is 0 Å². The summed E-state index contributed by atoms with van der Waals surface area (Å²) in [5, 5.41) is 2.36. The van der Waals surface area contributed by atoms with Crippen LogP contribution in [-0.4, -0.2) is 9.97 Å². The Bertz CT molecular complexity index is 683. The highest BCUT2D eigenvalue weighted by molar-refractivity contribution is 9.10. The minimum atomic E-state index is 0.416. The van der Waals surface area contributed by atoms with E-state index < -0.39 is 0 Å². The van der Waals surface area contributed by atoms with Gasteiger partial charge in [-0.25, -0.2) is 4.98 Å². The lowest BCUT2D eigenvalue weighted by Gasteiger charge is -2.03. The Morgan fingerprint density at radius 2 is 1.82 bits per heavy atom. The maximum atomic E-state index is 5.66. The van der Waals surface area contributed by atoms with Gasteiger partial charge in [-0.1, -0.05) is 42.5 Å². The Balaban J connectivity index is 2.34. The first-order chi connectivity index (χ1) is 8.25. The van der Waals surface area contributed by atoms with Gasteiger partial charge in [0.15, 0.2) is 5.95 Å². The highest BCUT2D eigenvalue weighted by Crippen LogP contribution is 2.32. The number of nitrogen functional groups attached to an aromatic ring is 1. The predicted octanol–water partition coefficient (Wildman–Crippen LogP) is 3.57. The first-order valence-electron chi connectivity index (χ1n) is 5.25. The third-order valence-corrected chi connectivity index (χ3v) is 3.30. The normalized spacial score (nSPS) is 10.9. The first-order valence-corrected chi connectivity index (χ1v) is 6.04. The third-order valence-electron chi connectivity index (χ3n) is 2.72. The van der Waals surface area contributed by atoms with E-state index in [1.165, 1.54) is 10.8 Å². The summed E-state index contributed by atoms with van der Waals surface area (Å²) in [6.07, 6.45) is 0. The molecule has 0 amide bonds. The molecule has 3 nitrogen and oxygen atoms in total. The number of halogens is 1. The second-order valence-electron chi connectivity index (χ2n) is 3.81. The van der Waals surface area contributed by atoms with Crippen LogP contribution in [0.4, 0.5) is 5.95 Å². The highest BCUT2D eigenvalue weighted by atomic mass is 79.9. The van der Waals surface area contributed by atoms with Crippen LogP contribution in [0, 0.1) is 0 Å². The van der Waals surface area contributed by atoms with Gasteiger partial charge in [0, 0.05) is 5.56 Å². The predicted molar refractivity (Wildman–Crippen MR) is 73.6 cm³/mol. The van der Waals surface area contributed by atoms with Crippen LogP contribution in [0.2, 0.25) is 0 Å². The van der Waals surface area contributed by atoms with Crippen molar-refractivity contribution in [2.75, 3.05) is 5.73 Å². The lowest BCUT2D eigenvalue weighted by atomic mass is 10.0. The van der Waals surface area contributed by atoms with E-state index in [1.807, 2.05) is 24.3 Å². The minimum absolute atomic E-state index is 0.416. The zero-order valence-electron chi connectivity index (χ0n) is 8.94. The number of fused-ring (bicyclic) bond motifs is 1. The van der Waals surface area contributed by atoms with Crippen molar-refractivity contribution in [2.24, 2.45) is 0 Å². The maximum absolute atomic E-state index is 5.66. The summed E-state index contributed by atoms with van der Waals surface area (Å²) < 4.78 is 0.811. The average Bonchev–Trinajstić information content (AvgIpc) is 2.68. The second kappa shape index (κ2) is 3.89. The van der Waals surface area contributed by atoms with Crippen LogP contribution in [0.3, 0.4) is 0 Å².